The van der Waals surface area contributed by atoms with Crippen LogP contribution in [-0.2, 0) is 6.61 Å². The average molecular weight is 417 g/mol. The maximum absolute atomic E-state index is 12.4. The Hall–Kier alpha value is -4.00. The van der Waals surface area contributed by atoms with Crippen LogP contribution < -0.4 is 10.2 Å². The van der Waals surface area contributed by atoms with Crippen molar-refractivity contribution in [2.45, 2.75) is 26.4 Å². The molecule has 3 rings (SSSR count). The first-order valence-electron chi connectivity index (χ1n) is 9.82. The third kappa shape index (κ3) is 6.24. The molecule has 3 aromatic rings. The molecule has 158 valence electrons. The van der Waals surface area contributed by atoms with Crippen LogP contribution in [0.15, 0.2) is 77.9 Å². The molecule has 0 unspecified atom stereocenters. The van der Waals surface area contributed by atoms with Gasteiger partial charge in [0.1, 0.15) is 12.4 Å². The van der Waals surface area contributed by atoms with E-state index in [0.29, 0.717) is 23.7 Å². The molecule has 0 aliphatic heterocycles. The summed E-state index contributed by atoms with van der Waals surface area (Å²) in [4.78, 5) is 22.5. The number of nitrogens with zero attached hydrogens (tertiary/aromatic N) is 2. The lowest BCUT2D eigenvalue weighted by molar-refractivity contribution is -0.384. The molecule has 1 N–H and O–H groups in total. The molecule has 0 saturated carbocycles. The predicted molar refractivity (Wildman–Crippen MR) is 119 cm³/mol. The zero-order chi connectivity index (χ0) is 22.2. The number of carbonyl (C=O) groups excluding carboxylic acids is 1. The van der Waals surface area contributed by atoms with Gasteiger partial charge in [0.2, 0.25) is 0 Å². The second-order valence-electron chi connectivity index (χ2n) is 7.26. The number of nitro benzene ring substituents is 1. The van der Waals surface area contributed by atoms with E-state index in [0.717, 1.165) is 11.3 Å². The number of amides is 1. The van der Waals surface area contributed by atoms with Crippen LogP contribution in [0.25, 0.3) is 0 Å². The Morgan fingerprint density at radius 3 is 2.45 bits per heavy atom. The minimum Gasteiger partial charge on any atom is -0.489 e. The van der Waals surface area contributed by atoms with Crippen molar-refractivity contribution < 1.29 is 14.5 Å². The Kier molecular flexibility index (Phi) is 7.11. The standard InChI is InChI=1S/C24H23N3O4/c1-17(2)20-8-12-23(13-9-20)31-16-19-4-3-5-21(14-19)24(28)26-25-15-18-6-10-22(11-7-18)27(29)30/h3-15,17H,16H2,1-2H3,(H,26,28)/b25-15+. The zero-order valence-electron chi connectivity index (χ0n) is 17.3. The summed E-state index contributed by atoms with van der Waals surface area (Å²) in [6.45, 7) is 4.62. The van der Waals surface area contributed by atoms with Gasteiger partial charge < -0.3 is 4.74 Å². The number of nitrogens with one attached hydrogen (secondary N) is 1. The Labute approximate surface area is 180 Å². The Balaban J connectivity index is 1.56. The first kappa shape index (κ1) is 21.7. The zero-order valence-corrected chi connectivity index (χ0v) is 17.3. The van der Waals surface area contributed by atoms with Crippen LogP contribution in [-0.4, -0.2) is 17.0 Å². The summed E-state index contributed by atoms with van der Waals surface area (Å²) >= 11 is 0. The van der Waals surface area contributed by atoms with E-state index in [1.54, 1.807) is 30.3 Å². The van der Waals surface area contributed by atoms with Gasteiger partial charge in [-0.2, -0.15) is 5.10 Å². The fourth-order valence-electron chi connectivity index (χ4n) is 2.83. The van der Waals surface area contributed by atoms with Gasteiger partial charge in [-0.3, -0.25) is 14.9 Å². The van der Waals surface area contributed by atoms with Gasteiger partial charge in [0, 0.05) is 17.7 Å². The molecule has 0 atom stereocenters. The molecular weight excluding hydrogens is 394 g/mol. The van der Waals surface area contributed by atoms with Crippen LogP contribution in [0.1, 0.15) is 46.8 Å². The molecule has 0 bridgehead atoms. The van der Waals surface area contributed by atoms with Gasteiger partial charge in [0.25, 0.3) is 11.6 Å². The summed E-state index contributed by atoms with van der Waals surface area (Å²) in [5.41, 5.74) is 5.66. The number of rotatable bonds is 8. The summed E-state index contributed by atoms with van der Waals surface area (Å²) in [5.74, 6) is 0.876. The predicted octanol–water partition coefficient (Wildman–Crippen LogP) is 5.06. The lowest BCUT2D eigenvalue weighted by Gasteiger charge is -2.09. The van der Waals surface area contributed by atoms with Crippen LogP contribution in [0.4, 0.5) is 5.69 Å². The molecule has 1 amide bonds. The van der Waals surface area contributed by atoms with Crippen LogP contribution >= 0.6 is 0 Å². The van der Waals surface area contributed by atoms with Gasteiger partial charge in [0.05, 0.1) is 11.1 Å². The highest BCUT2D eigenvalue weighted by Gasteiger charge is 2.07. The van der Waals surface area contributed by atoms with E-state index in [-0.39, 0.29) is 11.6 Å². The summed E-state index contributed by atoms with van der Waals surface area (Å²) < 4.78 is 5.82. The topological polar surface area (TPSA) is 93.8 Å². The monoisotopic (exact) mass is 417 g/mol. The fraction of sp³-hybridized carbons (Fsp3) is 0.167. The average Bonchev–Trinajstić information content (AvgIpc) is 2.78. The fourth-order valence-corrected chi connectivity index (χ4v) is 2.83. The van der Waals surface area contributed by atoms with Gasteiger partial charge in [-0.15, -0.1) is 0 Å². The number of ether oxygens (including phenoxy) is 1. The summed E-state index contributed by atoms with van der Waals surface area (Å²) in [6.07, 6.45) is 1.43. The van der Waals surface area contributed by atoms with Gasteiger partial charge in [-0.05, 0) is 59.0 Å². The van der Waals surface area contributed by atoms with E-state index in [1.165, 1.54) is 23.9 Å². The van der Waals surface area contributed by atoms with Gasteiger partial charge >= 0.3 is 0 Å². The number of hydrogen-bond acceptors (Lipinski definition) is 5. The minimum absolute atomic E-state index is 0.00363. The van der Waals surface area contributed by atoms with Gasteiger partial charge in [-0.1, -0.05) is 38.1 Å². The van der Waals surface area contributed by atoms with Crippen molar-refractivity contribution in [2.75, 3.05) is 0 Å². The second kappa shape index (κ2) is 10.2. The Morgan fingerprint density at radius 1 is 1.10 bits per heavy atom. The number of benzene rings is 3. The van der Waals surface area contributed by atoms with Crippen LogP contribution in [0.5, 0.6) is 5.75 Å². The first-order valence-corrected chi connectivity index (χ1v) is 9.82. The summed E-state index contributed by atoms with van der Waals surface area (Å²) in [5, 5.41) is 14.6. The van der Waals surface area contributed by atoms with E-state index >= 15 is 0 Å². The van der Waals surface area contributed by atoms with E-state index < -0.39 is 4.92 Å². The van der Waals surface area contributed by atoms with Gasteiger partial charge in [0.15, 0.2) is 0 Å². The SMILES string of the molecule is CC(C)c1ccc(OCc2cccc(C(=O)N/N=C/c3ccc([N+](=O)[O-])cc3)c2)cc1. The van der Waals surface area contributed by atoms with E-state index in [9.17, 15) is 14.9 Å². The lowest BCUT2D eigenvalue weighted by Crippen LogP contribution is -2.17. The van der Waals surface area contributed by atoms with Crippen molar-refractivity contribution in [1.82, 2.24) is 5.43 Å². The maximum Gasteiger partial charge on any atom is 0.271 e. The molecule has 0 heterocycles. The molecule has 0 aliphatic carbocycles. The molecule has 31 heavy (non-hydrogen) atoms. The van der Waals surface area contributed by atoms with Crippen LogP contribution in [0.2, 0.25) is 0 Å². The van der Waals surface area contributed by atoms with Crippen molar-refractivity contribution >= 4 is 17.8 Å². The van der Waals surface area contributed by atoms with Crippen molar-refractivity contribution in [3.63, 3.8) is 0 Å². The van der Waals surface area contributed by atoms with Crippen molar-refractivity contribution in [2.24, 2.45) is 5.10 Å². The van der Waals surface area contributed by atoms with Crippen molar-refractivity contribution in [3.8, 4) is 5.75 Å². The molecule has 0 aromatic heterocycles. The Bertz CT molecular complexity index is 1070. The van der Waals surface area contributed by atoms with E-state index in [2.05, 4.69) is 24.4 Å². The number of hydrazone groups is 1. The molecular formula is C24H23N3O4. The number of non-ortho nitro benzene ring substituents is 1. The highest BCUT2D eigenvalue weighted by molar-refractivity contribution is 5.95. The van der Waals surface area contributed by atoms with Crippen molar-refractivity contribution in [3.05, 3.63) is 105 Å². The largest absolute Gasteiger partial charge is 0.489 e. The smallest absolute Gasteiger partial charge is 0.271 e. The number of nitro groups is 1. The maximum atomic E-state index is 12.4. The van der Waals surface area contributed by atoms with Crippen LogP contribution in [0, 0.1) is 10.1 Å². The highest BCUT2D eigenvalue weighted by atomic mass is 16.6. The molecule has 0 spiro atoms. The third-order valence-corrected chi connectivity index (χ3v) is 4.63. The minimum atomic E-state index is -0.472. The van der Waals surface area contributed by atoms with Crippen molar-refractivity contribution in [1.29, 1.82) is 0 Å². The van der Waals surface area contributed by atoms with Gasteiger partial charge in [-0.25, -0.2) is 5.43 Å². The highest BCUT2D eigenvalue weighted by Crippen LogP contribution is 2.19. The Morgan fingerprint density at radius 2 is 1.81 bits per heavy atom. The lowest BCUT2D eigenvalue weighted by atomic mass is 10.0. The molecule has 0 radical (unpaired) electrons. The number of hydrogen-bond donors (Lipinski definition) is 1. The molecule has 0 saturated heterocycles. The second-order valence-corrected chi connectivity index (χ2v) is 7.26. The third-order valence-electron chi connectivity index (χ3n) is 4.63. The molecule has 0 aliphatic rings. The normalized spacial score (nSPS) is 10.9. The summed E-state index contributed by atoms with van der Waals surface area (Å²) in [7, 11) is 0. The molecule has 0 fully saturated rings. The van der Waals surface area contributed by atoms with Crippen LogP contribution in [0.3, 0.4) is 0 Å². The molecule has 7 nitrogen and oxygen atoms in total. The van der Waals surface area contributed by atoms with E-state index in [4.69, 9.17) is 4.74 Å². The number of carbonyl (C=O) groups is 1. The quantitative estimate of drug-likeness (QED) is 0.315. The summed E-state index contributed by atoms with van der Waals surface area (Å²) in [6, 6.07) is 21.0. The van der Waals surface area contributed by atoms with E-state index in [1.807, 2.05) is 30.3 Å². The molecule has 3 aromatic carbocycles. The first-order chi connectivity index (χ1) is 14.9. The molecule has 7 heteroatoms.